The molecule has 0 unspecified atom stereocenters. The molecule has 3 amide bonds. The molecule has 3 aliphatic rings. The fraction of sp³-hybridized carbons (Fsp3) is 0.387. The molecule has 232 valence electrons. The lowest BCUT2D eigenvalue weighted by molar-refractivity contribution is 0.0303. The molecule has 3 aromatic rings. The van der Waals surface area contributed by atoms with Crippen LogP contribution in [-0.4, -0.2) is 82.1 Å². The van der Waals surface area contributed by atoms with Gasteiger partial charge in [0.15, 0.2) is 0 Å². The van der Waals surface area contributed by atoms with Crippen molar-refractivity contribution >= 4 is 50.0 Å². The minimum atomic E-state index is -3.82. The van der Waals surface area contributed by atoms with Crippen molar-refractivity contribution in [3.8, 4) is 0 Å². The minimum Gasteiger partial charge on any atom is -0.450 e. The van der Waals surface area contributed by atoms with E-state index >= 15 is 0 Å². The summed E-state index contributed by atoms with van der Waals surface area (Å²) in [5.41, 5.74) is 3.19. The summed E-state index contributed by atoms with van der Waals surface area (Å²) < 4.78 is 39.1. The predicted molar refractivity (Wildman–Crippen MR) is 166 cm³/mol. The van der Waals surface area contributed by atoms with Crippen LogP contribution in [0.4, 0.5) is 15.5 Å². The minimum absolute atomic E-state index is 0.0968. The van der Waals surface area contributed by atoms with Crippen LogP contribution in [0.5, 0.6) is 0 Å². The average molecular weight is 639 g/mol. The molecular weight excluding hydrogens is 604 g/mol. The Hall–Kier alpha value is -3.94. The molecule has 0 aliphatic carbocycles. The molecule has 1 saturated heterocycles. The van der Waals surface area contributed by atoms with E-state index in [4.69, 9.17) is 9.47 Å². The van der Waals surface area contributed by atoms with Crippen molar-refractivity contribution in [3.63, 3.8) is 0 Å². The normalized spacial score (nSPS) is 16.6. The molecule has 0 spiro atoms. The third-order valence-electron chi connectivity index (χ3n) is 8.09. The molecule has 1 N–H and O–H groups in total. The van der Waals surface area contributed by atoms with Gasteiger partial charge in [-0.1, -0.05) is 18.2 Å². The van der Waals surface area contributed by atoms with Crippen LogP contribution in [0.1, 0.15) is 50.1 Å². The van der Waals surface area contributed by atoms with Crippen molar-refractivity contribution in [2.24, 2.45) is 0 Å². The highest BCUT2D eigenvalue weighted by Gasteiger charge is 2.34. The summed E-state index contributed by atoms with van der Waals surface area (Å²) in [5, 5.41) is 3.32. The van der Waals surface area contributed by atoms with Crippen molar-refractivity contribution in [2.75, 3.05) is 55.6 Å². The highest BCUT2D eigenvalue weighted by atomic mass is 32.2. The molecule has 6 rings (SSSR count). The number of rotatable bonds is 6. The number of aryl methyl sites for hydroxylation is 1. The first-order valence-electron chi connectivity index (χ1n) is 14.7. The topological polar surface area (TPSA) is 126 Å². The summed E-state index contributed by atoms with van der Waals surface area (Å²) in [6, 6.07) is 13.3. The number of para-hydroxylation sites is 1. The van der Waals surface area contributed by atoms with Crippen molar-refractivity contribution in [2.45, 2.75) is 37.6 Å². The summed E-state index contributed by atoms with van der Waals surface area (Å²) in [6.45, 7) is 4.86. The van der Waals surface area contributed by atoms with E-state index in [1.165, 1.54) is 39.9 Å². The van der Waals surface area contributed by atoms with Gasteiger partial charge in [-0.2, -0.15) is 0 Å². The zero-order valence-electron chi connectivity index (χ0n) is 24.4. The number of nitrogens with zero attached hydrogens (tertiary/aromatic N) is 3. The van der Waals surface area contributed by atoms with E-state index in [1.54, 1.807) is 16.7 Å². The van der Waals surface area contributed by atoms with E-state index in [0.29, 0.717) is 62.1 Å². The van der Waals surface area contributed by atoms with Crippen LogP contribution in [-0.2, 0) is 38.9 Å². The lowest BCUT2D eigenvalue weighted by Crippen LogP contribution is -2.41. The molecule has 4 heterocycles. The first kappa shape index (κ1) is 30.1. The van der Waals surface area contributed by atoms with Gasteiger partial charge in [-0.15, -0.1) is 11.3 Å². The Labute approximate surface area is 260 Å². The third kappa shape index (κ3) is 5.78. The van der Waals surface area contributed by atoms with Gasteiger partial charge in [0.05, 0.1) is 42.5 Å². The number of nitrogens with one attached hydrogen (secondary N) is 1. The van der Waals surface area contributed by atoms with Crippen LogP contribution < -0.4 is 9.62 Å². The number of benzene rings is 2. The number of amides is 3. The fourth-order valence-corrected chi connectivity index (χ4v) is 8.63. The standard InChI is InChI=1S/C31H34N4O7S2/c1-2-42-31(38)34-15-13-24-26(20-34)43-29(27(24)30(37)33-16-18-41-19-17-33)32-28(36)22-9-11-23(12-10-22)44(39,40)35-14-5-7-21-6-3-4-8-25(21)35/h3-4,6,8-12H,2,5,7,13-20H2,1H3,(H,32,36). The maximum Gasteiger partial charge on any atom is 0.410 e. The highest BCUT2D eigenvalue weighted by Crippen LogP contribution is 2.39. The zero-order chi connectivity index (χ0) is 30.8. The van der Waals surface area contributed by atoms with Gasteiger partial charge in [0.25, 0.3) is 21.8 Å². The summed E-state index contributed by atoms with van der Waals surface area (Å²) in [7, 11) is -3.82. The molecule has 0 saturated carbocycles. The molecule has 3 aliphatic heterocycles. The molecule has 1 aromatic heterocycles. The molecule has 0 atom stereocenters. The van der Waals surface area contributed by atoms with Gasteiger partial charge in [-0.3, -0.25) is 13.9 Å². The quantitative estimate of drug-likeness (QED) is 0.431. The van der Waals surface area contributed by atoms with E-state index in [-0.39, 0.29) is 29.5 Å². The van der Waals surface area contributed by atoms with Crippen LogP contribution in [0.2, 0.25) is 0 Å². The third-order valence-corrected chi connectivity index (χ3v) is 11.1. The Bertz CT molecular complexity index is 1680. The van der Waals surface area contributed by atoms with E-state index < -0.39 is 22.0 Å². The molecule has 13 heteroatoms. The summed E-state index contributed by atoms with van der Waals surface area (Å²) in [6.07, 6.45) is 1.59. The lowest BCUT2D eigenvalue weighted by Gasteiger charge is -2.30. The molecule has 11 nitrogen and oxygen atoms in total. The Morgan fingerprint density at radius 1 is 0.955 bits per heavy atom. The van der Waals surface area contributed by atoms with Gasteiger partial charge >= 0.3 is 6.09 Å². The van der Waals surface area contributed by atoms with Gasteiger partial charge in [0.1, 0.15) is 5.00 Å². The number of hydrogen-bond donors (Lipinski definition) is 1. The van der Waals surface area contributed by atoms with Crippen molar-refractivity contribution in [1.82, 2.24) is 9.80 Å². The van der Waals surface area contributed by atoms with Gasteiger partial charge in [-0.25, -0.2) is 13.2 Å². The van der Waals surface area contributed by atoms with Gasteiger partial charge in [-0.05, 0) is 67.6 Å². The van der Waals surface area contributed by atoms with Crippen LogP contribution >= 0.6 is 11.3 Å². The first-order valence-corrected chi connectivity index (χ1v) is 17.0. The van der Waals surface area contributed by atoms with Gasteiger partial charge in [0, 0.05) is 36.6 Å². The first-order chi connectivity index (χ1) is 21.3. The van der Waals surface area contributed by atoms with Gasteiger partial charge in [0.2, 0.25) is 0 Å². The molecule has 44 heavy (non-hydrogen) atoms. The summed E-state index contributed by atoms with van der Waals surface area (Å²) >= 11 is 1.27. The second-order valence-electron chi connectivity index (χ2n) is 10.8. The Kier molecular flexibility index (Phi) is 8.61. The second kappa shape index (κ2) is 12.6. The fourth-order valence-electron chi connectivity index (χ4n) is 5.84. The van der Waals surface area contributed by atoms with Crippen molar-refractivity contribution < 1.29 is 32.3 Å². The van der Waals surface area contributed by atoms with Gasteiger partial charge < -0.3 is 24.6 Å². The number of morpholine rings is 1. The number of ether oxygens (including phenoxy) is 2. The monoisotopic (exact) mass is 638 g/mol. The van der Waals surface area contributed by atoms with Crippen molar-refractivity contribution in [3.05, 3.63) is 75.7 Å². The van der Waals surface area contributed by atoms with Crippen LogP contribution in [0.15, 0.2) is 53.4 Å². The van der Waals surface area contributed by atoms with E-state index in [1.807, 2.05) is 24.3 Å². The SMILES string of the molecule is CCOC(=O)N1CCc2c(sc(NC(=O)c3ccc(S(=O)(=O)N4CCCc5ccccc54)cc3)c2C(=O)N2CCOCC2)C1. The number of hydrogen-bond acceptors (Lipinski definition) is 8. The maximum absolute atomic E-state index is 13.7. The number of sulfonamides is 1. The predicted octanol–water partition coefficient (Wildman–Crippen LogP) is 4.13. The number of anilines is 2. The highest BCUT2D eigenvalue weighted by molar-refractivity contribution is 7.92. The zero-order valence-corrected chi connectivity index (χ0v) is 26.0. The number of thiophene rings is 1. The largest absolute Gasteiger partial charge is 0.450 e. The Balaban J connectivity index is 1.25. The van der Waals surface area contributed by atoms with E-state index in [0.717, 1.165) is 28.8 Å². The molecule has 2 aromatic carbocycles. The van der Waals surface area contributed by atoms with Crippen molar-refractivity contribution in [1.29, 1.82) is 0 Å². The van der Waals surface area contributed by atoms with Crippen LogP contribution in [0.3, 0.4) is 0 Å². The number of fused-ring (bicyclic) bond motifs is 2. The summed E-state index contributed by atoms with van der Waals surface area (Å²) in [5.74, 6) is -0.650. The molecule has 1 fully saturated rings. The lowest BCUT2D eigenvalue weighted by atomic mass is 10.0. The maximum atomic E-state index is 13.7. The summed E-state index contributed by atoms with van der Waals surface area (Å²) in [4.78, 5) is 43.8. The van der Waals surface area contributed by atoms with Crippen LogP contribution in [0.25, 0.3) is 0 Å². The van der Waals surface area contributed by atoms with E-state index in [2.05, 4.69) is 5.32 Å². The number of carbonyl (C=O) groups excluding carboxylic acids is 3. The molecule has 0 bridgehead atoms. The average Bonchev–Trinajstić information content (AvgIpc) is 3.41. The number of carbonyl (C=O) groups is 3. The smallest absolute Gasteiger partial charge is 0.410 e. The second-order valence-corrected chi connectivity index (χ2v) is 13.7. The molecule has 0 radical (unpaired) electrons. The Morgan fingerprint density at radius 3 is 2.45 bits per heavy atom. The van der Waals surface area contributed by atoms with E-state index in [9.17, 15) is 22.8 Å². The van der Waals surface area contributed by atoms with Crippen LogP contribution in [0, 0.1) is 0 Å². The Morgan fingerprint density at radius 2 is 1.70 bits per heavy atom. The molecular formula is C31H34N4O7S2.